The quantitative estimate of drug-likeness (QED) is 0.175. The van der Waals surface area contributed by atoms with Gasteiger partial charge in [-0.15, -0.1) is 11.3 Å². The van der Waals surface area contributed by atoms with Crippen molar-refractivity contribution in [1.29, 1.82) is 0 Å². The molecule has 9 aromatic carbocycles. The molecule has 13 aromatic rings. The van der Waals surface area contributed by atoms with E-state index in [1.807, 2.05) is 17.4 Å². The highest BCUT2D eigenvalue weighted by molar-refractivity contribution is 7.26. The molecule has 0 aliphatic heterocycles. The molecular weight excluding hydrogens is 725 g/mol. The van der Waals surface area contributed by atoms with E-state index in [1.165, 1.54) is 69.4 Å². The summed E-state index contributed by atoms with van der Waals surface area (Å²) in [7, 11) is 0. The van der Waals surface area contributed by atoms with Crippen molar-refractivity contribution in [3.05, 3.63) is 194 Å². The standard InChI is InChI=1S/C54H32N2OS/c1-2-12-35(13-3-1)55-47-21-7-4-14-39(47)45-31-46-40-29-26-34(37-17-10-19-43-41-15-5-8-22-51(41)57-53(37)43)30-48(40)56(50(46)32-49(45)55)36-27-24-33(25-28-36)38-18-11-20-44-42-16-6-9-23-52(42)58-54(38)44/h1-32H. The van der Waals surface area contributed by atoms with Gasteiger partial charge in [0.05, 0.1) is 22.1 Å². The van der Waals surface area contributed by atoms with Gasteiger partial charge in [0, 0.05) is 69.4 Å². The number of hydrogen-bond acceptors (Lipinski definition) is 2. The zero-order valence-electron chi connectivity index (χ0n) is 31.2. The topological polar surface area (TPSA) is 23.0 Å². The number of benzene rings is 9. The van der Waals surface area contributed by atoms with E-state index in [1.54, 1.807) is 0 Å². The Bertz CT molecular complexity index is 3790. The Morgan fingerprint density at radius 3 is 1.79 bits per heavy atom. The number of thiophene rings is 1. The molecule has 58 heavy (non-hydrogen) atoms. The third-order valence-electron chi connectivity index (χ3n) is 12.1. The van der Waals surface area contributed by atoms with Crippen LogP contribution in [0.2, 0.25) is 0 Å². The highest BCUT2D eigenvalue weighted by atomic mass is 32.1. The Morgan fingerprint density at radius 1 is 0.345 bits per heavy atom. The number of nitrogens with zero attached hydrogens (tertiary/aromatic N) is 2. The highest BCUT2D eigenvalue weighted by Crippen LogP contribution is 2.44. The zero-order valence-corrected chi connectivity index (χ0v) is 32.0. The van der Waals surface area contributed by atoms with Crippen LogP contribution in [0, 0.1) is 0 Å². The smallest absolute Gasteiger partial charge is 0.143 e. The summed E-state index contributed by atoms with van der Waals surface area (Å²) in [6, 6.07) is 70.7. The van der Waals surface area contributed by atoms with E-state index in [0.717, 1.165) is 50.0 Å². The van der Waals surface area contributed by atoms with Crippen LogP contribution in [0.5, 0.6) is 0 Å². The summed E-state index contributed by atoms with van der Waals surface area (Å²) in [5.41, 5.74) is 13.5. The molecule has 0 saturated heterocycles. The molecule has 0 radical (unpaired) electrons. The number of fused-ring (bicyclic) bond motifs is 12. The maximum atomic E-state index is 6.56. The number of rotatable bonds is 4. The van der Waals surface area contributed by atoms with Crippen molar-refractivity contribution in [1.82, 2.24) is 9.13 Å². The number of para-hydroxylation sites is 4. The molecule has 0 bridgehead atoms. The first-order valence-corrected chi connectivity index (χ1v) is 20.6. The molecule has 3 nitrogen and oxygen atoms in total. The first-order chi connectivity index (χ1) is 28.8. The lowest BCUT2D eigenvalue weighted by molar-refractivity contribution is 0.670. The van der Waals surface area contributed by atoms with E-state index in [4.69, 9.17) is 4.42 Å². The van der Waals surface area contributed by atoms with Crippen LogP contribution in [0.1, 0.15) is 0 Å². The average molecular weight is 757 g/mol. The van der Waals surface area contributed by atoms with E-state index in [9.17, 15) is 0 Å². The molecule has 0 spiro atoms. The summed E-state index contributed by atoms with van der Waals surface area (Å²) in [4.78, 5) is 0. The Kier molecular flexibility index (Phi) is 6.60. The van der Waals surface area contributed by atoms with Crippen LogP contribution in [0.4, 0.5) is 0 Å². The lowest BCUT2D eigenvalue weighted by Crippen LogP contribution is -1.96. The van der Waals surface area contributed by atoms with Gasteiger partial charge in [-0.1, -0.05) is 133 Å². The summed E-state index contributed by atoms with van der Waals surface area (Å²) in [6.45, 7) is 0. The summed E-state index contributed by atoms with van der Waals surface area (Å²) in [6.07, 6.45) is 0. The maximum Gasteiger partial charge on any atom is 0.143 e. The zero-order chi connectivity index (χ0) is 37.9. The highest BCUT2D eigenvalue weighted by Gasteiger charge is 2.20. The van der Waals surface area contributed by atoms with Gasteiger partial charge in [-0.05, 0) is 77.4 Å². The second-order valence-electron chi connectivity index (χ2n) is 15.2. The molecule has 0 fully saturated rings. The molecule has 0 saturated carbocycles. The van der Waals surface area contributed by atoms with Crippen molar-refractivity contribution in [2.45, 2.75) is 0 Å². The van der Waals surface area contributed by atoms with Crippen LogP contribution in [-0.2, 0) is 0 Å². The van der Waals surface area contributed by atoms with E-state index < -0.39 is 0 Å². The van der Waals surface area contributed by atoms with Crippen molar-refractivity contribution in [3.63, 3.8) is 0 Å². The first-order valence-electron chi connectivity index (χ1n) is 19.8. The molecule has 13 rings (SSSR count). The minimum absolute atomic E-state index is 0.907. The Hall–Kier alpha value is -7.40. The van der Waals surface area contributed by atoms with E-state index in [-0.39, 0.29) is 0 Å². The normalized spacial score (nSPS) is 12.1. The Morgan fingerprint density at radius 2 is 0.948 bits per heavy atom. The summed E-state index contributed by atoms with van der Waals surface area (Å²) < 4.78 is 14.1. The second kappa shape index (κ2) is 12.1. The lowest BCUT2D eigenvalue weighted by atomic mass is 10.0. The minimum atomic E-state index is 0.907. The molecule has 4 heterocycles. The van der Waals surface area contributed by atoms with Crippen molar-refractivity contribution in [2.24, 2.45) is 0 Å². The Labute approximate surface area is 336 Å². The predicted octanol–water partition coefficient (Wildman–Crippen LogP) is 15.5. The van der Waals surface area contributed by atoms with Crippen LogP contribution in [-0.4, -0.2) is 9.13 Å². The maximum absolute atomic E-state index is 6.56. The number of hydrogen-bond donors (Lipinski definition) is 0. The SMILES string of the molecule is c1ccc(-n2c3ccccc3c3cc4c5ccc(-c6cccc7c6oc6ccccc67)cc5n(-c5ccc(-c6cccc7c6sc6ccccc67)cc5)c4cc32)cc1. The van der Waals surface area contributed by atoms with Crippen molar-refractivity contribution >= 4 is 97.1 Å². The van der Waals surface area contributed by atoms with Gasteiger partial charge in [-0.2, -0.15) is 0 Å². The second-order valence-corrected chi connectivity index (χ2v) is 16.3. The molecule has 0 amide bonds. The number of furan rings is 1. The third-order valence-corrected chi connectivity index (χ3v) is 13.4. The molecule has 0 N–H and O–H groups in total. The van der Waals surface area contributed by atoms with Gasteiger partial charge < -0.3 is 13.6 Å². The van der Waals surface area contributed by atoms with Gasteiger partial charge in [0.25, 0.3) is 0 Å². The molecular formula is C54H32N2OS. The Balaban J connectivity index is 1.08. The molecule has 4 aromatic heterocycles. The molecule has 0 atom stereocenters. The van der Waals surface area contributed by atoms with Crippen molar-refractivity contribution in [2.75, 3.05) is 0 Å². The van der Waals surface area contributed by atoms with E-state index in [0.29, 0.717) is 0 Å². The monoisotopic (exact) mass is 756 g/mol. The van der Waals surface area contributed by atoms with Crippen LogP contribution in [0.25, 0.3) is 119 Å². The van der Waals surface area contributed by atoms with Crippen LogP contribution in [0.3, 0.4) is 0 Å². The van der Waals surface area contributed by atoms with Gasteiger partial charge in [0.1, 0.15) is 11.2 Å². The van der Waals surface area contributed by atoms with Crippen molar-refractivity contribution in [3.8, 4) is 33.6 Å². The summed E-state index contributed by atoms with van der Waals surface area (Å²) in [5, 5.41) is 9.84. The minimum Gasteiger partial charge on any atom is -0.455 e. The van der Waals surface area contributed by atoms with Crippen LogP contribution in [0.15, 0.2) is 199 Å². The fourth-order valence-corrected chi connectivity index (χ4v) is 10.8. The van der Waals surface area contributed by atoms with Crippen LogP contribution >= 0.6 is 11.3 Å². The van der Waals surface area contributed by atoms with E-state index in [2.05, 4.69) is 197 Å². The molecule has 0 aliphatic rings. The largest absolute Gasteiger partial charge is 0.455 e. The van der Waals surface area contributed by atoms with Crippen molar-refractivity contribution < 1.29 is 4.42 Å². The third kappa shape index (κ3) is 4.49. The van der Waals surface area contributed by atoms with Crippen LogP contribution < -0.4 is 0 Å². The number of aromatic nitrogens is 2. The molecule has 0 unspecified atom stereocenters. The van der Waals surface area contributed by atoms with Gasteiger partial charge in [0.15, 0.2) is 0 Å². The first kappa shape index (κ1) is 31.8. The van der Waals surface area contributed by atoms with Gasteiger partial charge >= 0.3 is 0 Å². The molecule has 270 valence electrons. The van der Waals surface area contributed by atoms with E-state index >= 15 is 0 Å². The molecule has 0 aliphatic carbocycles. The van der Waals surface area contributed by atoms with Gasteiger partial charge in [-0.25, -0.2) is 0 Å². The average Bonchev–Trinajstić information content (AvgIpc) is 4.03. The molecule has 4 heteroatoms. The fraction of sp³-hybridized carbons (Fsp3) is 0. The predicted molar refractivity (Wildman–Crippen MR) is 246 cm³/mol. The lowest BCUT2D eigenvalue weighted by Gasteiger charge is -2.12. The van der Waals surface area contributed by atoms with Gasteiger partial charge in [0.2, 0.25) is 0 Å². The summed E-state index contributed by atoms with van der Waals surface area (Å²) >= 11 is 1.88. The summed E-state index contributed by atoms with van der Waals surface area (Å²) in [5.74, 6) is 0. The van der Waals surface area contributed by atoms with Gasteiger partial charge in [-0.3, -0.25) is 0 Å². The fourth-order valence-electron chi connectivity index (χ4n) is 9.52.